The first kappa shape index (κ1) is 14.8. The molecule has 0 aliphatic heterocycles. The second-order valence-corrected chi connectivity index (χ2v) is 4.74. The number of hydrogen-bond acceptors (Lipinski definition) is 5. The highest BCUT2D eigenvalue weighted by Crippen LogP contribution is 2.32. The molecule has 0 amide bonds. The van der Waals surface area contributed by atoms with Crippen LogP contribution in [0, 0.1) is 0 Å². The van der Waals surface area contributed by atoms with Crippen molar-refractivity contribution in [2.75, 3.05) is 7.11 Å². The molecule has 2 aromatic rings. The van der Waals surface area contributed by atoms with Crippen LogP contribution < -0.4 is 10.5 Å². The predicted molar refractivity (Wildman–Crippen MR) is 66.0 cm³/mol. The summed E-state index contributed by atoms with van der Waals surface area (Å²) in [5, 5.41) is 3.26. The summed E-state index contributed by atoms with van der Waals surface area (Å²) in [4.78, 5) is 3.26. The first-order valence-corrected chi connectivity index (χ1v) is 6.12. The topological polar surface area (TPSA) is 74.2 Å². The third-order valence-corrected chi connectivity index (χ3v) is 2.98. The molecule has 0 saturated carbocycles. The molecule has 0 radical (unpaired) electrons. The Morgan fingerprint density at radius 2 is 2.10 bits per heavy atom. The molecule has 0 saturated heterocycles. The molecule has 0 bridgehead atoms. The molecule has 0 aliphatic carbocycles. The summed E-state index contributed by atoms with van der Waals surface area (Å²) in [6, 6.07) is 3.96. The lowest BCUT2D eigenvalue weighted by Gasteiger charge is -2.12. The van der Waals surface area contributed by atoms with E-state index in [4.69, 9.17) is 10.5 Å². The fourth-order valence-corrected chi connectivity index (χ4v) is 1.94. The van der Waals surface area contributed by atoms with Crippen molar-refractivity contribution in [2.24, 2.45) is 5.73 Å². The molecule has 108 valence electrons. The van der Waals surface area contributed by atoms with E-state index in [1.807, 2.05) is 0 Å². The number of nitrogens with zero attached hydrogens (tertiary/aromatic N) is 2. The van der Waals surface area contributed by atoms with Gasteiger partial charge < -0.3 is 15.0 Å². The number of methoxy groups -OCH3 is 1. The van der Waals surface area contributed by atoms with E-state index in [1.54, 1.807) is 18.2 Å². The van der Waals surface area contributed by atoms with Crippen LogP contribution >= 0.6 is 15.9 Å². The van der Waals surface area contributed by atoms with E-state index >= 15 is 0 Å². The first-order valence-electron chi connectivity index (χ1n) is 5.32. The van der Waals surface area contributed by atoms with Gasteiger partial charge in [-0.3, -0.25) is 0 Å². The van der Waals surface area contributed by atoms with Gasteiger partial charge in [-0.1, -0.05) is 21.1 Å². The molecule has 1 atom stereocenters. The zero-order valence-corrected chi connectivity index (χ0v) is 11.7. The van der Waals surface area contributed by atoms with Gasteiger partial charge in [-0.25, -0.2) is 0 Å². The number of aromatic nitrogens is 2. The molecule has 0 fully saturated rings. The second-order valence-electron chi connectivity index (χ2n) is 3.82. The molecular formula is C11H9BrF3N3O2. The van der Waals surface area contributed by atoms with E-state index < -0.39 is 18.1 Å². The number of alkyl halides is 3. The molecule has 1 aromatic heterocycles. The average molecular weight is 352 g/mol. The largest absolute Gasteiger partial charge is 0.496 e. The van der Waals surface area contributed by atoms with Crippen LogP contribution in [-0.2, 0) is 6.18 Å². The Bertz CT molecular complexity index is 615. The van der Waals surface area contributed by atoms with E-state index in [2.05, 4.69) is 30.6 Å². The third kappa shape index (κ3) is 2.93. The lowest BCUT2D eigenvalue weighted by Crippen LogP contribution is -2.15. The van der Waals surface area contributed by atoms with Crippen molar-refractivity contribution in [3.63, 3.8) is 0 Å². The third-order valence-electron chi connectivity index (χ3n) is 2.49. The molecule has 20 heavy (non-hydrogen) atoms. The maximum Gasteiger partial charge on any atom is 0.471 e. The van der Waals surface area contributed by atoms with Crippen LogP contribution in [-0.4, -0.2) is 17.3 Å². The smallest absolute Gasteiger partial charge is 0.471 e. The van der Waals surface area contributed by atoms with E-state index in [1.165, 1.54) is 7.11 Å². The Kier molecular flexibility index (Phi) is 4.00. The van der Waals surface area contributed by atoms with Crippen molar-refractivity contribution in [2.45, 2.75) is 12.2 Å². The monoisotopic (exact) mass is 351 g/mol. The van der Waals surface area contributed by atoms with Crippen LogP contribution in [0.25, 0.3) is 0 Å². The summed E-state index contributed by atoms with van der Waals surface area (Å²) >= 11 is 3.25. The fraction of sp³-hybridized carbons (Fsp3) is 0.273. The van der Waals surface area contributed by atoms with Crippen molar-refractivity contribution < 1.29 is 22.4 Å². The number of nitrogens with two attached hydrogens (primary N) is 1. The van der Waals surface area contributed by atoms with E-state index in [-0.39, 0.29) is 5.82 Å². The Hall–Kier alpha value is -1.61. The summed E-state index contributed by atoms with van der Waals surface area (Å²) in [5.41, 5.74) is 6.31. The Morgan fingerprint density at radius 3 is 2.65 bits per heavy atom. The highest BCUT2D eigenvalue weighted by molar-refractivity contribution is 9.10. The van der Waals surface area contributed by atoms with Crippen LogP contribution in [0.15, 0.2) is 27.2 Å². The number of rotatable bonds is 3. The normalized spacial score (nSPS) is 13.3. The van der Waals surface area contributed by atoms with Gasteiger partial charge in [-0.2, -0.15) is 18.2 Å². The van der Waals surface area contributed by atoms with Gasteiger partial charge in [0.2, 0.25) is 0 Å². The van der Waals surface area contributed by atoms with Crippen LogP contribution in [0.4, 0.5) is 13.2 Å². The Labute approximate surface area is 120 Å². The van der Waals surface area contributed by atoms with Crippen LogP contribution in [0.3, 0.4) is 0 Å². The molecule has 5 nitrogen and oxygen atoms in total. The summed E-state index contributed by atoms with van der Waals surface area (Å²) in [5.74, 6) is -1.29. The van der Waals surface area contributed by atoms with Crippen LogP contribution in [0.2, 0.25) is 0 Å². The van der Waals surface area contributed by atoms with Crippen LogP contribution in [0.5, 0.6) is 5.75 Å². The molecule has 2 N–H and O–H groups in total. The van der Waals surface area contributed by atoms with Gasteiger partial charge in [-0.05, 0) is 18.2 Å². The molecule has 0 spiro atoms. The van der Waals surface area contributed by atoms with Crippen molar-refractivity contribution >= 4 is 15.9 Å². The van der Waals surface area contributed by atoms with Gasteiger partial charge in [0.15, 0.2) is 5.82 Å². The summed E-state index contributed by atoms with van der Waals surface area (Å²) < 4.78 is 47.2. The first-order chi connectivity index (χ1) is 9.32. The van der Waals surface area contributed by atoms with Gasteiger partial charge in [0.05, 0.1) is 13.2 Å². The highest BCUT2D eigenvalue weighted by atomic mass is 79.9. The summed E-state index contributed by atoms with van der Waals surface area (Å²) in [6.07, 6.45) is -4.70. The fourth-order valence-electron chi connectivity index (χ4n) is 1.56. The zero-order chi connectivity index (χ0) is 14.9. The number of halogens is 4. The van der Waals surface area contributed by atoms with E-state index in [9.17, 15) is 13.2 Å². The number of benzene rings is 1. The summed E-state index contributed by atoms with van der Waals surface area (Å²) in [6.45, 7) is 0. The van der Waals surface area contributed by atoms with Gasteiger partial charge >= 0.3 is 12.1 Å². The number of ether oxygens (including phenoxy) is 1. The number of hydrogen-bond donors (Lipinski definition) is 1. The zero-order valence-electron chi connectivity index (χ0n) is 10.1. The maximum absolute atomic E-state index is 12.4. The Morgan fingerprint density at radius 1 is 1.40 bits per heavy atom. The minimum absolute atomic E-state index is 0.270. The van der Waals surface area contributed by atoms with Crippen molar-refractivity contribution in [1.82, 2.24) is 10.1 Å². The SMILES string of the molecule is COc1ccc(Br)cc1C(N)c1noc(C(F)(F)F)n1. The minimum Gasteiger partial charge on any atom is -0.496 e. The van der Waals surface area contributed by atoms with Crippen LogP contribution in [0.1, 0.15) is 23.3 Å². The quantitative estimate of drug-likeness (QED) is 0.920. The molecule has 0 aliphatic rings. The molecule has 9 heteroatoms. The lowest BCUT2D eigenvalue weighted by atomic mass is 10.1. The maximum atomic E-state index is 12.4. The van der Waals surface area contributed by atoms with Gasteiger partial charge in [0, 0.05) is 10.0 Å². The summed E-state index contributed by atoms with van der Waals surface area (Å²) in [7, 11) is 1.43. The van der Waals surface area contributed by atoms with Gasteiger partial charge in [0.1, 0.15) is 5.75 Å². The average Bonchev–Trinajstić information content (AvgIpc) is 2.87. The predicted octanol–water partition coefficient (Wildman–Crippen LogP) is 2.91. The molecule has 1 aromatic carbocycles. The van der Waals surface area contributed by atoms with Crippen molar-refractivity contribution in [1.29, 1.82) is 0 Å². The Balaban J connectivity index is 2.38. The lowest BCUT2D eigenvalue weighted by molar-refractivity contribution is -0.159. The molecular weight excluding hydrogens is 343 g/mol. The molecule has 1 unspecified atom stereocenters. The van der Waals surface area contributed by atoms with Gasteiger partial charge in [0.25, 0.3) is 0 Å². The second kappa shape index (κ2) is 5.41. The standard InChI is InChI=1S/C11H9BrF3N3O2/c1-19-7-3-2-5(12)4-6(7)8(16)9-17-10(20-18-9)11(13,14)15/h2-4,8H,16H2,1H3. The van der Waals surface area contributed by atoms with E-state index in [0.29, 0.717) is 15.8 Å². The molecule has 1 heterocycles. The van der Waals surface area contributed by atoms with Crippen molar-refractivity contribution in [3.8, 4) is 5.75 Å². The van der Waals surface area contributed by atoms with Crippen molar-refractivity contribution in [3.05, 3.63) is 40.0 Å². The molecule has 2 rings (SSSR count). The minimum atomic E-state index is -4.70. The van der Waals surface area contributed by atoms with E-state index in [0.717, 1.165) is 0 Å². The highest BCUT2D eigenvalue weighted by Gasteiger charge is 2.39. The van der Waals surface area contributed by atoms with Gasteiger partial charge in [-0.15, -0.1) is 0 Å².